The van der Waals surface area contributed by atoms with Gasteiger partial charge in [-0.05, 0) is 37.3 Å². The maximum Gasteiger partial charge on any atom is 0.132 e. The van der Waals surface area contributed by atoms with Gasteiger partial charge in [0.05, 0.1) is 27.1 Å². The highest BCUT2D eigenvalue weighted by molar-refractivity contribution is 6.32. The van der Waals surface area contributed by atoms with Crippen LogP contribution in [0.15, 0.2) is 36.4 Å². The van der Waals surface area contributed by atoms with Crippen molar-refractivity contribution < 1.29 is 8.78 Å². The lowest BCUT2D eigenvalue weighted by Crippen LogP contribution is -2.03. The van der Waals surface area contributed by atoms with E-state index in [0.717, 1.165) is 0 Å². The van der Waals surface area contributed by atoms with Crippen LogP contribution in [-0.4, -0.2) is 9.55 Å². The zero-order valence-electron chi connectivity index (χ0n) is 10.9. The first kappa shape index (κ1) is 14.3. The van der Waals surface area contributed by atoms with E-state index in [1.807, 2.05) is 0 Å². The third-order valence-electron chi connectivity index (χ3n) is 3.15. The van der Waals surface area contributed by atoms with Crippen molar-refractivity contribution in [3.05, 3.63) is 58.9 Å². The zero-order valence-corrected chi connectivity index (χ0v) is 12.5. The van der Waals surface area contributed by atoms with Crippen molar-refractivity contribution in [2.45, 2.75) is 12.3 Å². The molecule has 0 fully saturated rings. The predicted octanol–water partition coefficient (Wildman–Crippen LogP) is 5.26. The van der Waals surface area contributed by atoms with Gasteiger partial charge in [-0.1, -0.05) is 11.6 Å². The zero-order chi connectivity index (χ0) is 15.1. The third-order valence-corrected chi connectivity index (χ3v) is 3.66. The highest BCUT2D eigenvalue weighted by Gasteiger charge is 2.19. The minimum Gasteiger partial charge on any atom is -0.293 e. The molecule has 0 bridgehead atoms. The molecule has 2 nitrogen and oxygen atoms in total. The van der Waals surface area contributed by atoms with E-state index in [-0.39, 0.29) is 0 Å². The minimum absolute atomic E-state index is 0.332. The van der Waals surface area contributed by atoms with Crippen molar-refractivity contribution in [3.8, 4) is 5.69 Å². The summed E-state index contributed by atoms with van der Waals surface area (Å²) in [5, 5.41) is -0.113. The highest BCUT2D eigenvalue weighted by atomic mass is 35.5. The average molecular weight is 327 g/mol. The summed E-state index contributed by atoms with van der Waals surface area (Å²) in [6.07, 6.45) is 0. The normalized spacial score (nSPS) is 12.8. The van der Waals surface area contributed by atoms with Crippen LogP contribution in [0.2, 0.25) is 5.02 Å². The molecular formula is C15H10Cl2F2N2. The van der Waals surface area contributed by atoms with Gasteiger partial charge in [0.25, 0.3) is 0 Å². The summed E-state index contributed by atoms with van der Waals surface area (Å²) in [5.74, 6) is -0.379. The van der Waals surface area contributed by atoms with Gasteiger partial charge in [0.2, 0.25) is 0 Å². The monoisotopic (exact) mass is 326 g/mol. The molecule has 0 amide bonds. The Labute approximate surface area is 129 Å². The molecule has 1 heterocycles. The van der Waals surface area contributed by atoms with Gasteiger partial charge >= 0.3 is 0 Å². The maximum absolute atomic E-state index is 13.6. The van der Waals surface area contributed by atoms with E-state index < -0.39 is 17.0 Å². The molecule has 1 atom stereocenters. The van der Waals surface area contributed by atoms with E-state index in [9.17, 15) is 8.78 Å². The van der Waals surface area contributed by atoms with E-state index >= 15 is 0 Å². The van der Waals surface area contributed by atoms with E-state index in [1.54, 1.807) is 17.6 Å². The minimum atomic E-state index is -0.445. The van der Waals surface area contributed by atoms with Crippen LogP contribution in [0.1, 0.15) is 18.1 Å². The fourth-order valence-electron chi connectivity index (χ4n) is 2.24. The molecule has 0 aliphatic carbocycles. The number of alkyl halides is 1. The number of rotatable bonds is 2. The molecule has 3 rings (SSSR count). The Morgan fingerprint density at radius 2 is 1.76 bits per heavy atom. The summed E-state index contributed by atoms with van der Waals surface area (Å²) in [6, 6.07) is 8.17. The van der Waals surface area contributed by atoms with Gasteiger partial charge in [-0.3, -0.25) is 4.57 Å². The predicted molar refractivity (Wildman–Crippen MR) is 80.3 cm³/mol. The molecule has 0 aliphatic heterocycles. The number of hydrogen-bond acceptors (Lipinski definition) is 1. The SMILES string of the molecule is CC(Cl)c1nc2ccc(F)cc2n1-c1cc(F)ccc1Cl. The quantitative estimate of drug-likeness (QED) is 0.587. The van der Waals surface area contributed by atoms with Crippen LogP contribution in [0.5, 0.6) is 0 Å². The largest absolute Gasteiger partial charge is 0.293 e. The summed E-state index contributed by atoms with van der Waals surface area (Å²) in [6.45, 7) is 1.74. The molecule has 0 saturated heterocycles. The average Bonchev–Trinajstić information content (AvgIpc) is 2.80. The van der Waals surface area contributed by atoms with E-state index in [4.69, 9.17) is 23.2 Å². The topological polar surface area (TPSA) is 17.8 Å². The van der Waals surface area contributed by atoms with E-state index in [0.29, 0.717) is 27.6 Å². The van der Waals surface area contributed by atoms with Gasteiger partial charge in [-0.2, -0.15) is 0 Å². The second-order valence-corrected chi connectivity index (χ2v) is 5.71. The number of fused-ring (bicyclic) bond motifs is 1. The molecule has 0 N–H and O–H groups in total. The van der Waals surface area contributed by atoms with Crippen LogP contribution >= 0.6 is 23.2 Å². The van der Waals surface area contributed by atoms with Gasteiger partial charge in [0, 0.05) is 6.07 Å². The van der Waals surface area contributed by atoms with Gasteiger partial charge in [0.15, 0.2) is 0 Å². The Bertz CT molecular complexity index is 828. The molecule has 0 saturated carbocycles. The van der Waals surface area contributed by atoms with Crippen molar-refractivity contribution in [3.63, 3.8) is 0 Å². The molecule has 1 aromatic heterocycles. The summed E-state index contributed by atoms with van der Waals surface area (Å²) < 4.78 is 28.7. The first-order valence-electron chi connectivity index (χ1n) is 6.25. The van der Waals surface area contributed by atoms with Crippen molar-refractivity contribution in [2.75, 3.05) is 0 Å². The summed E-state index contributed by atoms with van der Waals surface area (Å²) >= 11 is 12.3. The summed E-state index contributed by atoms with van der Waals surface area (Å²) in [4.78, 5) is 4.38. The molecular weight excluding hydrogens is 317 g/mol. The fraction of sp³-hybridized carbons (Fsp3) is 0.133. The number of imidazole rings is 1. The summed E-state index contributed by atoms with van der Waals surface area (Å²) in [5.41, 5.74) is 1.44. The van der Waals surface area contributed by atoms with Gasteiger partial charge in [-0.25, -0.2) is 13.8 Å². The van der Waals surface area contributed by atoms with Crippen molar-refractivity contribution in [2.24, 2.45) is 0 Å². The van der Waals surface area contributed by atoms with Crippen LogP contribution in [0, 0.1) is 11.6 Å². The second kappa shape index (κ2) is 5.28. The molecule has 6 heteroatoms. The molecule has 108 valence electrons. The van der Waals surface area contributed by atoms with E-state index in [2.05, 4.69) is 4.98 Å². The van der Waals surface area contributed by atoms with E-state index in [1.165, 1.54) is 30.3 Å². The number of hydrogen-bond donors (Lipinski definition) is 0. The van der Waals surface area contributed by atoms with Gasteiger partial charge in [0.1, 0.15) is 17.5 Å². The molecule has 1 unspecified atom stereocenters. The Balaban J connectivity index is 2.41. The second-order valence-electron chi connectivity index (χ2n) is 4.65. The smallest absolute Gasteiger partial charge is 0.132 e. The highest BCUT2D eigenvalue weighted by Crippen LogP contribution is 2.32. The van der Waals surface area contributed by atoms with Gasteiger partial charge in [-0.15, -0.1) is 11.6 Å². The lowest BCUT2D eigenvalue weighted by atomic mass is 10.2. The Morgan fingerprint density at radius 1 is 1.10 bits per heavy atom. The molecule has 3 aromatic rings. The van der Waals surface area contributed by atoms with Crippen LogP contribution in [-0.2, 0) is 0 Å². The summed E-state index contributed by atoms with van der Waals surface area (Å²) in [7, 11) is 0. The van der Waals surface area contributed by atoms with Crippen LogP contribution < -0.4 is 0 Å². The van der Waals surface area contributed by atoms with Gasteiger partial charge < -0.3 is 0 Å². The maximum atomic E-state index is 13.6. The lowest BCUT2D eigenvalue weighted by Gasteiger charge is -2.12. The molecule has 21 heavy (non-hydrogen) atoms. The number of nitrogens with zero attached hydrogens (tertiary/aromatic N) is 2. The van der Waals surface area contributed by atoms with Crippen molar-refractivity contribution >= 4 is 34.2 Å². The molecule has 0 aliphatic rings. The Kier molecular flexibility index (Phi) is 3.59. The standard InChI is InChI=1S/C15H10Cl2F2N2/c1-8(16)15-20-12-5-3-10(19)7-14(12)21(15)13-6-9(18)2-4-11(13)17/h2-8H,1H3. The molecule has 0 spiro atoms. The number of halogens is 4. The number of aromatic nitrogens is 2. The number of benzene rings is 2. The van der Waals surface area contributed by atoms with Crippen molar-refractivity contribution in [1.29, 1.82) is 0 Å². The molecule has 0 radical (unpaired) electrons. The Hall–Kier alpha value is -1.65. The van der Waals surface area contributed by atoms with Crippen LogP contribution in [0.4, 0.5) is 8.78 Å². The molecule has 2 aromatic carbocycles. The first-order chi connectivity index (χ1) is 9.97. The fourth-order valence-corrected chi connectivity index (χ4v) is 2.59. The van der Waals surface area contributed by atoms with Crippen LogP contribution in [0.3, 0.4) is 0 Å². The lowest BCUT2D eigenvalue weighted by molar-refractivity contribution is 0.626. The van der Waals surface area contributed by atoms with Crippen molar-refractivity contribution in [1.82, 2.24) is 9.55 Å². The third kappa shape index (κ3) is 2.49. The Morgan fingerprint density at radius 3 is 2.48 bits per heavy atom. The van der Waals surface area contributed by atoms with Crippen LogP contribution in [0.25, 0.3) is 16.7 Å². The first-order valence-corrected chi connectivity index (χ1v) is 7.06.